The lowest BCUT2D eigenvalue weighted by molar-refractivity contribution is -0.136. The van der Waals surface area contributed by atoms with Crippen molar-refractivity contribution in [3.8, 4) is 11.5 Å². The van der Waals surface area contributed by atoms with Crippen molar-refractivity contribution in [2.24, 2.45) is 5.10 Å². The molecule has 33 heavy (non-hydrogen) atoms. The van der Waals surface area contributed by atoms with Gasteiger partial charge in [0.2, 0.25) is 0 Å². The first-order valence-corrected chi connectivity index (χ1v) is 10.4. The number of halogens is 2. The van der Waals surface area contributed by atoms with Crippen LogP contribution in [0.1, 0.15) is 18.1 Å². The van der Waals surface area contributed by atoms with Crippen molar-refractivity contribution >= 4 is 35.3 Å². The van der Waals surface area contributed by atoms with Crippen molar-refractivity contribution in [1.29, 1.82) is 0 Å². The first-order valence-electron chi connectivity index (χ1n) is 9.99. The van der Waals surface area contributed by atoms with Crippen LogP contribution in [0.25, 0.3) is 0 Å². The predicted octanol–water partition coefficient (Wildman–Crippen LogP) is 4.55. The fourth-order valence-electron chi connectivity index (χ4n) is 2.68. The van der Waals surface area contributed by atoms with Crippen LogP contribution in [0.2, 0.25) is 5.02 Å². The van der Waals surface area contributed by atoms with Gasteiger partial charge in [-0.2, -0.15) is 5.10 Å². The van der Waals surface area contributed by atoms with Crippen LogP contribution in [0.15, 0.2) is 71.8 Å². The molecule has 0 aliphatic rings. The van der Waals surface area contributed by atoms with E-state index in [1.165, 1.54) is 18.3 Å². The maximum Gasteiger partial charge on any atom is 0.329 e. The SMILES string of the molecule is CCOc1ccc(NC(=O)C(=O)N/N=C/c2ccc(OCc3c(F)cccc3Cl)cc2)cc1. The summed E-state index contributed by atoms with van der Waals surface area (Å²) in [6.07, 6.45) is 1.37. The molecule has 3 aromatic carbocycles. The highest BCUT2D eigenvalue weighted by Crippen LogP contribution is 2.21. The molecule has 3 aromatic rings. The van der Waals surface area contributed by atoms with E-state index in [9.17, 15) is 14.0 Å². The zero-order chi connectivity index (χ0) is 23.6. The van der Waals surface area contributed by atoms with Crippen molar-refractivity contribution in [2.75, 3.05) is 11.9 Å². The average molecular weight is 470 g/mol. The standard InChI is InChI=1S/C24H21ClFN3O4/c1-2-32-18-12-8-17(9-13-18)28-23(30)24(31)29-27-14-16-6-10-19(11-7-16)33-15-20-21(25)4-3-5-22(20)26/h3-14H,2,15H2,1H3,(H,28,30)(H,29,31)/b27-14+. The summed E-state index contributed by atoms with van der Waals surface area (Å²) in [6.45, 7) is 2.39. The summed E-state index contributed by atoms with van der Waals surface area (Å²) in [6, 6.07) is 17.8. The maximum atomic E-state index is 13.8. The van der Waals surface area contributed by atoms with Gasteiger partial charge in [0.15, 0.2) is 0 Å². The lowest BCUT2D eigenvalue weighted by Crippen LogP contribution is -2.32. The number of carbonyl (C=O) groups is 2. The third kappa shape index (κ3) is 7.05. The van der Waals surface area contributed by atoms with Gasteiger partial charge < -0.3 is 14.8 Å². The minimum atomic E-state index is -0.915. The van der Waals surface area contributed by atoms with Crippen molar-refractivity contribution in [2.45, 2.75) is 13.5 Å². The topological polar surface area (TPSA) is 89.0 Å². The second kappa shape index (κ2) is 11.6. The number of benzene rings is 3. The molecule has 3 rings (SSSR count). The van der Waals surface area contributed by atoms with Gasteiger partial charge in [0.1, 0.15) is 23.9 Å². The van der Waals surface area contributed by atoms with E-state index in [2.05, 4.69) is 15.8 Å². The molecule has 2 N–H and O–H groups in total. The molecule has 7 nitrogen and oxygen atoms in total. The van der Waals surface area contributed by atoms with Gasteiger partial charge in [-0.25, -0.2) is 9.82 Å². The van der Waals surface area contributed by atoms with Gasteiger partial charge in [-0.15, -0.1) is 0 Å². The monoisotopic (exact) mass is 469 g/mol. The summed E-state index contributed by atoms with van der Waals surface area (Å²) in [5.74, 6) is -1.04. The molecular weight excluding hydrogens is 449 g/mol. The van der Waals surface area contributed by atoms with Crippen LogP contribution in [-0.2, 0) is 16.2 Å². The molecule has 0 radical (unpaired) electrons. The van der Waals surface area contributed by atoms with E-state index in [1.807, 2.05) is 6.92 Å². The smallest absolute Gasteiger partial charge is 0.329 e. The zero-order valence-electron chi connectivity index (χ0n) is 17.7. The number of hydrazone groups is 1. The van der Waals surface area contributed by atoms with Crippen molar-refractivity contribution in [3.05, 3.63) is 88.7 Å². The van der Waals surface area contributed by atoms with E-state index in [4.69, 9.17) is 21.1 Å². The Morgan fingerprint density at radius 2 is 1.64 bits per heavy atom. The molecule has 0 saturated heterocycles. The summed E-state index contributed by atoms with van der Waals surface area (Å²) < 4.78 is 24.7. The van der Waals surface area contributed by atoms with Crippen molar-refractivity contribution < 1.29 is 23.5 Å². The van der Waals surface area contributed by atoms with Crippen molar-refractivity contribution in [3.63, 3.8) is 0 Å². The van der Waals surface area contributed by atoms with Gasteiger partial charge >= 0.3 is 11.8 Å². The van der Waals surface area contributed by atoms with Crippen LogP contribution in [0.3, 0.4) is 0 Å². The highest BCUT2D eigenvalue weighted by molar-refractivity contribution is 6.39. The minimum Gasteiger partial charge on any atom is -0.494 e. The van der Waals surface area contributed by atoms with Crippen LogP contribution in [0.5, 0.6) is 11.5 Å². The van der Waals surface area contributed by atoms with Gasteiger partial charge in [0, 0.05) is 11.3 Å². The van der Waals surface area contributed by atoms with Gasteiger partial charge in [-0.1, -0.05) is 17.7 Å². The first kappa shape index (κ1) is 23.7. The number of anilines is 1. The van der Waals surface area contributed by atoms with Crippen LogP contribution in [0, 0.1) is 5.82 Å². The molecule has 2 amide bonds. The Morgan fingerprint density at radius 3 is 2.30 bits per heavy atom. The average Bonchev–Trinajstić information content (AvgIpc) is 2.81. The van der Waals surface area contributed by atoms with E-state index in [-0.39, 0.29) is 12.2 Å². The van der Waals surface area contributed by atoms with E-state index < -0.39 is 17.6 Å². The third-order valence-electron chi connectivity index (χ3n) is 4.33. The normalized spacial score (nSPS) is 10.6. The zero-order valence-corrected chi connectivity index (χ0v) is 18.4. The largest absolute Gasteiger partial charge is 0.494 e. The third-order valence-corrected chi connectivity index (χ3v) is 4.69. The summed E-state index contributed by atoms with van der Waals surface area (Å²) >= 11 is 5.98. The molecule has 170 valence electrons. The number of carbonyl (C=O) groups excluding carboxylic acids is 2. The molecule has 0 spiro atoms. The Bertz CT molecular complexity index is 1120. The van der Waals surface area contributed by atoms with Crippen LogP contribution in [-0.4, -0.2) is 24.6 Å². The summed E-state index contributed by atoms with van der Waals surface area (Å²) in [4.78, 5) is 23.9. The maximum absolute atomic E-state index is 13.8. The quantitative estimate of drug-likeness (QED) is 0.288. The van der Waals surface area contributed by atoms with Crippen LogP contribution in [0.4, 0.5) is 10.1 Å². The Labute approximate surface area is 195 Å². The number of rotatable bonds is 8. The molecule has 0 fully saturated rings. The molecule has 0 atom stereocenters. The number of hydrogen-bond acceptors (Lipinski definition) is 5. The van der Waals surface area contributed by atoms with Crippen LogP contribution >= 0.6 is 11.6 Å². The van der Waals surface area contributed by atoms with E-state index in [1.54, 1.807) is 54.6 Å². The molecule has 0 saturated carbocycles. The highest BCUT2D eigenvalue weighted by atomic mass is 35.5. The predicted molar refractivity (Wildman–Crippen MR) is 124 cm³/mol. The van der Waals surface area contributed by atoms with Gasteiger partial charge in [-0.3, -0.25) is 9.59 Å². The number of nitrogens with zero attached hydrogens (tertiary/aromatic N) is 1. The molecule has 0 unspecified atom stereocenters. The molecular formula is C24H21ClFN3O4. The fourth-order valence-corrected chi connectivity index (χ4v) is 2.90. The second-order valence-corrected chi connectivity index (χ2v) is 7.08. The Kier molecular flexibility index (Phi) is 8.37. The van der Waals surface area contributed by atoms with Crippen LogP contribution < -0.4 is 20.2 Å². The van der Waals surface area contributed by atoms with Crippen molar-refractivity contribution in [1.82, 2.24) is 5.43 Å². The van der Waals surface area contributed by atoms with Gasteiger partial charge in [-0.05, 0) is 73.2 Å². The number of nitrogens with one attached hydrogen (secondary N) is 2. The fraction of sp³-hybridized carbons (Fsp3) is 0.125. The lowest BCUT2D eigenvalue weighted by Gasteiger charge is -2.09. The Morgan fingerprint density at radius 1 is 0.970 bits per heavy atom. The molecule has 0 aliphatic carbocycles. The first-order chi connectivity index (χ1) is 16.0. The van der Waals surface area contributed by atoms with E-state index >= 15 is 0 Å². The van der Waals surface area contributed by atoms with Gasteiger partial charge in [0.25, 0.3) is 0 Å². The molecule has 0 aliphatic heterocycles. The summed E-state index contributed by atoms with van der Waals surface area (Å²) in [7, 11) is 0. The Balaban J connectivity index is 1.47. The lowest BCUT2D eigenvalue weighted by atomic mass is 10.2. The molecule has 0 heterocycles. The van der Waals surface area contributed by atoms with E-state index in [0.29, 0.717) is 34.4 Å². The molecule has 0 bridgehead atoms. The molecule has 0 aromatic heterocycles. The Hall–Kier alpha value is -3.91. The second-order valence-electron chi connectivity index (χ2n) is 6.67. The summed E-state index contributed by atoms with van der Waals surface area (Å²) in [5.41, 5.74) is 3.54. The summed E-state index contributed by atoms with van der Waals surface area (Å²) in [5, 5.41) is 6.54. The molecule has 9 heteroatoms. The number of hydrogen-bond donors (Lipinski definition) is 2. The van der Waals surface area contributed by atoms with Gasteiger partial charge in [0.05, 0.1) is 17.8 Å². The number of amides is 2. The minimum absolute atomic E-state index is 0.0154. The van der Waals surface area contributed by atoms with E-state index in [0.717, 1.165) is 0 Å². The highest BCUT2D eigenvalue weighted by Gasteiger charge is 2.13. The number of ether oxygens (including phenoxy) is 2.